The second-order valence-corrected chi connectivity index (χ2v) is 6.90. The molecule has 0 aromatic heterocycles. The molecule has 2 aromatic carbocycles. The lowest BCUT2D eigenvalue weighted by Gasteiger charge is -2.23. The van der Waals surface area contributed by atoms with Crippen molar-refractivity contribution in [3.8, 4) is 11.5 Å². The molecule has 2 N–H and O–H groups in total. The van der Waals surface area contributed by atoms with Gasteiger partial charge in [0.25, 0.3) is 0 Å². The molecular weight excluding hydrogens is 332 g/mol. The lowest BCUT2D eigenvalue weighted by atomic mass is 9.90. The predicted molar refractivity (Wildman–Crippen MR) is 99.5 cm³/mol. The zero-order valence-corrected chi connectivity index (χ0v) is 15.3. The van der Waals surface area contributed by atoms with Crippen LogP contribution in [-0.4, -0.2) is 18.6 Å². The largest absolute Gasteiger partial charge is 0.454 e. The number of carbonyl (C=O) groups excluding carboxylic acids is 2. The van der Waals surface area contributed by atoms with Crippen LogP contribution in [0.25, 0.3) is 0 Å². The molecule has 0 aliphatic carbocycles. The van der Waals surface area contributed by atoms with Gasteiger partial charge in [0.05, 0.1) is 0 Å². The van der Waals surface area contributed by atoms with E-state index in [1.165, 1.54) is 0 Å². The SMILES string of the molecule is Cc1ccc(NC(=O)C(C)(C)C(=O)Nc2ccc3c(c2)OCO3)cc1C. The average molecular weight is 354 g/mol. The Morgan fingerprint density at radius 3 is 2.08 bits per heavy atom. The van der Waals surface area contributed by atoms with Crippen molar-refractivity contribution in [2.45, 2.75) is 27.7 Å². The standard InChI is InChI=1S/C20H22N2O4/c1-12-5-6-14(9-13(12)2)21-18(23)20(3,4)19(24)22-15-7-8-16-17(10-15)26-11-25-16/h5-10H,11H2,1-4H3,(H,21,23)(H,22,24). The first-order valence-corrected chi connectivity index (χ1v) is 8.37. The molecule has 26 heavy (non-hydrogen) atoms. The number of nitrogens with one attached hydrogen (secondary N) is 2. The van der Waals surface area contributed by atoms with Crippen molar-refractivity contribution in [2.24, 2.45) is 5.41 Å². The average Bonchev–Trinajstić information content (AvgIpc) is 3.05. The van der Waals surface area contributed by atoms with Gasteiger partial charge in [-0.05, 0) is 63.1 Å². The number of hydrogen-bond donors (Lipinski definition) is 2. The minimum Gasteiger partial charge on any atom is -0.454 e. The van der Waals surface area contributed by atoms with Crippen LogP contribution in [0.1, 0.15) is 25.0 Å². The monoisotopic (exact) mass is 354 g/mol. The van der Waals surface area contributed by atoms with Gasteiger partial charge in [-0.1, -0.05) is 6.07 Å². The van der Waals surface area contributed by atoms with Gasteiger partial charge in [-0.3, -0.25) is 9.59 Å². The molecule has 0 bridgehead atoms. The van der Waals surface area contributed by atoms with Crippen molar-refractivity contribution in [1.82, 2.24) is 0 Å². The van der Waals surface area contributed by atoms with Gasteiger partial charge in [0.15, 0.2) is 11.5 Å². The van der Waals surface area contributed by atoms with Gasteiger partial charge in [-0.25, -0.2) is 0 Å². The Kier molecular flexibility index (Phi) is 4.59. The molecular formula is C20H22N2O4. The first-order chi connectivity index (χ1) is 12.3. The Balaban J connectivity index is 1.70. The van der Waals surface area contributed by atoms with Crippen molar-refractivity contribution in [3.63, 3.8) is 0 Å². The highest BCUT2D eigenvalue weighted by Gasteiger charge is 2.36. The number of rotatable bonds is 4. The molecule has 136 valence electrons. The number of hydrogen-bond acceptors (Lipinski definition) is 4. The van der Waals surface area contributed by atoms with Crippen LogP contribution in [0.5, 0.6) is 11.5 Å². The van der Waals surface area contributed by atoms with E-state index in [1.807, 2.05) is 32.0 Å². The van der Waals surface area contributed by atoms with E-state index in [0.29, 0.717) is 22.9 Å². The highest BCUT2D eigenvalue weighted by molar-refractivity contribution is 6.14. The van der Waals surface area contributed by atoms with E-state index in [2.05, 4.69) is 10.6 Å². The molecule has 1 aliphatic rings. The van der Waals surface area contributed by atoms with Crippen LogP contribution in [0.4, 0.5) is 11.4 Å². The van der Waals surface area contributed by atoms with Gasteiger partial charge in [-0.15, -0.1) is 0 Å². The maximum atomic E-state index is 12.6. The molecule has 1 heterocycles. The van der Waals surface area contributed by atoms with E-state index < -0.39 is 11.3 Å². The number of aryl methyl sites for hydroxylation is 2. The Morgan fingerprint density at radius 2 is 1.42 bits per heavy atom. The first-order valence-electron chi connectivity index (χ1n) is 8.37. The Labute approximate surface area is 152 Å². The van der Waals surface area contributed by atoms with Crippen LogP contribution in [-0.2, 0) is 9.59 Å². The Morgan fingerprint density at radius 1 is 0.846 bits per heavy atom. The van der Waals surface area contributed by atoms with E-state index in [1.54, 1.807) is 32.0 Å². The van der Waals surface area contributed by atoms with E-state index >= 15 is 0 Å². The van der Waals surface area contributed by atoms with Crippen LogP contribution in [0.3, 0.4) is 0 Å². The van der Waals surface area contributed by atoms with Gasteiger partial charge in [0.1, 0.15) is 5.41 Å². The maximum Gasteiger partial charge on any atom is 0.239 e. The fourth-order valence-electron chi connectivity index (χ4n) is 2.47. The molecule has 0 atom stereocenters. The molecule has 0 saturated heterocycles. The number of anilines is 2. The third-order valence-corrected chi connectivity index (χ3v) is 4.53. The molecule has 3 rings (SSSR count). The highest BCUT2D eigenvalue weighted by atomic mass is 16.7. The number of amides is 2. The highest BCUT2D eigenvalue weighted by Crippen LogP contribution is 2.34. The summed E-state index contributed by atoms with van der Waals surface area (Å²) >= 11 is 0. The summed E-state index contributed by atoms with van der Waals surface area (Å²) in [5.74, 6) is 0.423. The molecule has 2 aromatic rings. The summed E-state index contributed by atoms with van der Waals surface area (Å²) in [6, 6.07) is 10.8. The van der Waals surface area contributed by atoms with E-state index in [-0.39, 0.29) is 12.7 Å². The summed E-state index contributed by atoms with van der Waals surface area (Å²) in [6.45, 7) is 7.32. The Hall–Kier alpha value is -3.02. The normalized spacial score (nSPS) is 12.6. The topological polar surface area (TPSA) is 76.7 Å². The third-order valence-electron chi connectivity index (χ3n) is 4.53. The lowest BCUT2D eigenvalue weighted by molar-refractivity contribution is -0.135. The third kappa shape index (κ3) is 3.49. The van der Waals surface area contributed by atoms with Crippen LogP contribution in [0, 0.1) is 19.3 Å². The molecule has 0 fully saturated rings. The molecule has 2 amide bonds. The van der Waals surface area contributed by atoms with Gasteiger partial charge < -0.3 is 20.1 Å². The number of carbonyl (C=O) groups is 2. The quantitative estimate of drug-likeness (QED) is 0.822. The summed E-state index contributed by atoms with van der Waals surface area (Å²) in [4.78, 5) is 25.3. The lowest BCUT2D eigenvalue weighted by Crippen LogP contribution is -2.41. The summed E-state index contributed by atoms with van der Waals surface area (Å²) in [6.07, 6.45) is 0. The van der Waals surface area contributed by atoms with Crippen LogP contribution in [0.15, 0.2) is 36.4 Å². The second kappa shape index (κ2) is 6.71. The van der Waals surface area contributed by atoms with Crippen LogP contribution < -0.4 is 20.1 Å². The summed E-state index contributed by atoms with van der Waals surface area (Å²) in [7, 11) is 0. The molecule has 6 heteroatoms. The van der Waals surface area contributed by atoms with E-state index in [9.17, 15) is 9.59 Å². The zero-order valence-electron chi connectivity index (χ0n) is 15.3. The fraction of sp³-hybridized carbons (Fsp3) is 0.300. The number of benzene rings is 2. The minimum absolute atomic E-state index is 0.163. The summed E-state index contributed by atoms with van der Waals surface area (Å²) in [5, 5.41) is 5.58. The first kappa shape index (κ1) is 17.8. The molecule has 0 unspecified atom stereocenters. The predicted octanol–water partition coefficient (Wildman–Crippen LogP) is 3.64. The maximum absolute atomic E-state index is 12.6. The van der Waals surface area contributed by atoms with Crippen molar-refractivity contribution < 1.29 is 19.1 Å². The van der Waals surface area contributed by atoms with Gasteiger partial charge in [0.2, 0.25) is 18.6 Å². The van der Waals surface area contributed by atoms with Crippen LogP contribution >= 0.6 is 0 Å². The Bertz CT molecular complexity index is 874. The van der Waals surface area contributed by atoms with Gasteiger partial charge >= 0.3 is 0 Å². The molecule has 6 nitrogen and oxygen atoms in total. The zero-order chi connectivity index (χ0) is 18.9. The van der Waals surface area contributed by atoms with Crippen molar-refractivity contribution >= 4 is 23.2 Å². The van der Waals surface area contributed by atoms with Crippen molar-refractivity contribution in [2.75, 3.05) is 17.4 Å². The summed E-state index contributed by atoms with van der Waals surface area (Å²) in [5.41, 5.74) is 2.18. The molecule has 0 radical (unpaired) electrons. The molecule has 1 aliphatic heterocycles. The minimum atomic E-state index is -1.25. The molecule has 0 saturated carbocycles. The van der Waals surface area contributed by atoms with Crippen molar-refractivity contribution in [3.05, 3.63) is 47.5 Å². The van der Waals surface area contributed by atoms with E-state index in [0.717, 1.165) is 11.1 Å². The second-order valence-electron chi connectivity index (χ2n) is 6.90. The number of fused-ring (bicyclic) bond motifs is 1. The fourth-order valence-corrected chi connectivity index (χ4v) is 2.47. The van der Waals surface area contributed by atoms with Crippen molar-refractivity contribution in [1.29, 1.82) is 0 Å². The van der Waals surface area contributed by atoms with Gasteiger partial charge in [-0.2, -0.15) is 0 Å². The number of ether oxygens (including phenoxy) is 2. The van der Waals surface area contributed by atoms with Crippen LogP contribution in [0.2, 0.25) is 0 Å². The van der Waals surface area contributed by atoms with E-state index in [4.69, 9.17) is 9.47 Å². The smallest absolute Gasteiger partial charge is 0.239 e. The van der Waals surface area contributed by atoms with Gasteiger partial charge in [0, 0.05) is 17.4 Å². The summed E-state index contributed by atoms with van der Waals surface area (Å²) < 4.78 is 10.6. The molecule has 0 spiro atoms.